The Labute approximate surface area is 288 Å². The number of benzene rings is 3. The minimum Gasteiger partial charge on any atom is -0.335 e. The van der Waals surface area contributed by atoms with Crippen LogP contribution in [0.15, 0.2) is 95.9 Å². The summed E-state index contributed by atoms with van der Waals surface area (Å²) in [5.74, 6) is 0.478. The topological polar surface area (TPSA) is 97.6 Å². The summed E-state index contributed by atoms with van der Waals surface area (Å²) in [6.07, 6.45) is 0.196. The van der Waals surface area contributed by atoms with Gasteiger partial charge in [0.2, 0.25) is 0 Å². The molecule has 12 heteroatoms. The molecule has 258 valence electrons. The first kappa shape index (κ1) is 34.5. The second-order valence-corrected chi connectivity index (χ2v) is 13.7. The third kappa shape index (κ3) is 7.28. The molecule has 50 heavy (non-hydrogen) atoms. The van der Waals surface area contributed by atoms with E-state index in [4.69, 9.17) is 0 Å². The van der Waals surface area contributed by atoms with Gasteiger partial charge < -0.3 is 9.80 Å². The van der Waals surface area contributed by atoms with Crippen molar-refractivity contribution in [3.8, 4) is 28.8 Å². The molecule has 2 heterocycles. The fourth-order valence-corrected chi connectivity index (χ4v) is 7.16. The number of imidazole rings is 1. The van der Waals surface area contributed by atoms with Crippen LogP contribution < -0.4 is 11.0 Å². The summed E-state index contributed by atoms with van der Waals surface area (Å²) < 4.78 is 45.6. The summed E-state index contributed by atoms with van der Waals surface area (Å²) in [6, 6.07) is 24.4. The van der Waals surface area contributed by atoms with E-state index < -0.39 is 23.5 Å². The average Bonchev–Trinajstić information content (AvgIpc) is 3.67. The van der Waals surface area contributed by atoms with Crippen molar-refractivity contribution in [2.75, 3.05) is 20.6 Å². The normalized spacial score (nSPS) is 16.6. The standard InChI is InChI=1S/C38H38F3N7O2/c1-26-35(34-20-21-43-47(34)32-18-14-27(23-42)15-19-32)46(37(50)45(26)33-11-7-10-30(22-33)38(39,40)41)36(49)44-31-16-12-29(13-17-31)25-48(2,3)24-28-8-5-4-6-9-28/h4-11,14-15,18-22,29,31H,12-13,16-17,24-25H2,1-3H3/p+1. The Morgan fingerprint density at radius 3 is 2.32 bits per heavy atom. The summed E-state index contributed by atoms with van der Waals surface area (Å²) in [7, 11) is 4.46. The average molecular weight is 683 g/mol. The van der Waals surface area contributed by atoms with Gasteiger partial charge in [0.15, 0.2) is 0 Å². The monoisotopic (exact) mass is 682 g/mol. The molecule has 1 amide bonds. The molecule has 6 rings (SSSR count). The Kier molecular flexibility index (Phi) is 9.54. The van der Waals surface area contributed by atoms with E-state index >= 15 is 0 Å². The van der Waals surface area contributed by atoms with Gasteiger partial charge in [0.05, 0.1) is 66.8 Å². The molecule has 0 atom stereocenters. The van der Waals surface area contributed by atoms with Crippen LogP contribution >= 0.6 is 0 Å². The molecule has 3 aromatic carbocycles. The SMILES string of the molecule is Cc1c(-c2ccnn2-c2ccc(C#N)cc2)n(C(=O)NC2CCC(C[N+](C)(C)Cc3ccccc3)CC2)c(=O)n1-c1cccc(C(F)(F)F)c1. The van der Waals surface area contributed by atoms with Crippen molar-refractivity contribution in [2.45, 2.75) is 51.4 Å². The summed E-state index contributed by atoms with van der Waals surface area (Å²) >= 11 is 0. The molecule has 0 bridgehead atoms. The smallest absolute Gasteiger partial charge is 0.335 e. The number of amides is 1. The zero-order chi connectivity index (χ0) is 35.6. The molecule has 1 N–H and O–H groups in total. The Morgan fingerprint density at radius 2 is 1.66 bits per heavy atom. The molecule has 0 spiro atoms. The van der Waals surface area contributed by atoms with E-state index in [1.807, 2.05) is 6.07 Å². The highest BCUT2D eigenvalue weighted by molar-refractivity contribution is 5.83. The molecule has 1 aliphatic rings. The van der Waals surface area contributed by atoms with E-state index in [0.717, 1.165) is 64.5 Å². The van der Waals surface area contributed by atoms with E-state index in [0.29, 0.717) is 22.9 Å². The number of halogens is 3. The van der Waals surface area contributed by atoms with Crippen LogP contribution in [0.4, 0.5) is 18.0 Å². The number of hydrogen-bond acceptors (Lipinski definition) is 4. The van der Waals surface area contributed by atoms with Gasteiger partial charge in [-0.15, -0.1) is 0 Å². The molecular formula is C38H39F3N7O2+. The van der Waals surface area contributed by atoms with Gasteiger partial charge in [-0.25, -0.2) is 18.8 Å². The highest BCUT2D eigenvalue weighted by Crippen LogP contribution is 2.33. The van der Waals surface area contributed by atoms with Crippen molar-refractivity contribution >= 4 is 6.03 Å². The number of nitrogens with zero attached hydrogens (tertiary/aromatic N) is 6. The Bertz CT molecular complexity index is 2080. The van der Waals surface area contributed by atoms with Crippen LogP contribution in [0, 0.1) is 24.2 Å². The maximum atomic E-state index is 14.2. The number of alkyl halides is 3. The first-order chi connectivity index (χ1) is 23.8. The fourth-order valence-electron chi connectivity index (χ4n) is 7.16. The van der Waals surface area contributed by atoms with E-state index in [-0.39, 0.29) is 23.1 Å². The van der Waals surface area contributed by atoms with Crippen molar-refractivity contribution in [2.24, 2.45) is 5.92 Å². The molecule has 0 aliphatic heterocycles. The second-order valence-electron chi connectivity index (χ2n) is 13.7. The van der Waals surface area contributed by atoms with Crippen LogP contribution in [0.25, 0.3) is 22.8 Å². The lowest BCUT2D eigenvalue weighted by molar-refractivity contribution is -0.907. The van der Waals surface area contributed by atoms with Crippen LogP contribution in [0.3, 0.4) is 0 Å². The van der Waals surface area contributed by atoms with Gasteiger partial charge in [0.25, 0.3) is 0 Å². The zero-order valence-electron chi connectivity index (χ0n) is 28.2. The van der Waals surface area contributed by atoms with Gasteiger partial charge in [-0.1, -0.05) is 36.4 Å². The van der Waals surface area contributed by atoms with Crippen molar-refractivity contribution in [1.82, 2.24) is 24.2 Å². The zero-order valence-corrected chi connectivity index (χ0v) is 28.2. The Balaban J connectivity index is 1.30. The minimum atomic E-state index is -4.63. The van der Waals surface area contributed by atoms with E-state index in [2.05, 4.69) is 54.8 Å². The maximum absolute atomic E-state index is 14.2. The number of carbonyl (C=O) groups excluding carboxylic acids is 1. The molecule has 5 aromatic rings. The lowest BCUT2D eigenvalue weighted by Crippen LogP contribution is -2.46. The van der Waals surface area contributed by atoms with Gasteiger partial charge in [-0.2, -0.15) is 23.5 Å². The van der Waals surface area contributed by atoms with Crippen LogP contribution in [0.5, 0.6) is 0 Å². The van der Waals surface area contributed by atoms with Crippen LogP contribution in [-0.2, 0) is 12.7 Å². The molecule has 0 saturated heterocycles. The largest absolute Gasteiger partial charge is 0.416 e. The van der Waals surface area contributed by atoms with Gasteiger partial charge in [-0.3, -0.25) is 4.57 Å². The molecule has 1 saturated carbocycles. The molecule has 2 aromatic heterocycles. The number of rotatable bonds is 8. The van der Waals surface area contributed by atoms with E-state index in [1.165, 1.54) is 28.6 Å². The van der Waals surface area contributed by atoms with Crippen LogP contribution in [0.2, 0.25) is 0 Å². The van der Waals surface area contributed by atoms with Crippen molar-refractivity contribution in [3.05, 3.63) is 124 Å². The molecule has 0 unspecified atom stereocenters. The van der Waals surface area contributed by atoms with Crippen LogP contribution in [0.1, 0.15) is 48.1 Å². The molecule has 1 fully saturated rings. The molecule has 1 aliphatic carbocycles. The van der Waals surface area contributed by atoms with Crippen LogP contribution in [-0.4, -0.2) is 56.1 Å². The highest BCUT2D eigenvalue weighted by atomic mass is 19.4. The quantitative estimate of drug-likeness (QED) is 0.177. The maximum Gasteiger partial charge on any atom is 0.416 e. The lowest BCUT2D eigenvalue weighted by Gasteiger charge is -2.36. The molecular weight excluding hydrogens is 643 g/mol. The van der Waals surface area contributed by atoms with Gasteiger partial charge >= 0.3 is 17.9 Å². The summed E-state index contributed by atoms with van der Waals surface area (Å²) in [6.45, 7) is 3.51. The van der Waals surface area contributed by atoms with Gasteiger partial charge in [0, 0.05) is 17.5 Å². The molecule has 0 radical (unpaired) electrons. The van der Waals surface area contributed by atoms with Gasteiger partial charge in [-0.05, 0) is 81.1 Å². The third-order valence-electron chi connectivity index (χ3n) is 9.43. The lowest BCUT2D eigenvalue weighted by atomic mass is 9.85. The first-order valence-electron chi connectivity index (χ1n) is 16.6. The number of quaternary nitrogens is 1. The Hall–Kier alpha value is -5.41. The van der Waals surface area contributed by atoms with Crippen molar-refractivity contribution in [3.63, 3.8) is 0 Å². The predicted molar refractivity (Wildman–Crippen MR) is 184 cm³/mol. The number of nitriles is 1. The minimum absolute atomic E-state index is 0.0173. The Morgan fingerprint density at radius 1 is 0.960 bits per heavy atom. The first-order valence-corrected chi connectivity index (χ1v) is 16.6. The predicted octanol–water partition coefficient (Wildman–Crippen LogP) is 7.08. The summed E-state index contributed by atoms with van der Waals surface area (Å²) in [4.78, 5) is 28.3. The van der Waals surface area contributed by atoms with E-state index in [1.54, 1.807) is 37.3 Å². The second kappa shape index (κ2) is 13.8. The van der Waals surface area contributed by atoms with E-state index in [9.17, 15) is 28.0 Å². The number of carbonyl (C=O) groups is 1. The molecule has 9 nitrogen and oxygen atoms in total. The number of nitrogens with one attached hydrogen (secondary N) is 1. The number of hydrogen-bond donors (Lipinski definition) is 1. The number of aromatic nitrogens is 4. The fraction of sp³-hybridized carbons (Fsp3) is 0.316. The van der Waals surface area contributed by atoms with Crippen molar-refractivity contribution in [1.29, 1.82) is 5.26 Å². The highest BCUT2D eigenvalue weighted by Gasteiger charge is 2.33. The summed E-state index contributed by atoms with van der Waals surface area (Å²) in [5.41, 5.74) is 1.42. The summed E-state index contributed by atoms with van der Waals surface area (Å²) in [5, 5.41) is 16.7. The third-order valence-corrected chi connectivity index (χ3v) is 9.43. The van der Waals surface area contributed by atoms with Gasteiger partial charge in [0.1, 0.15) is 12.2 Å². The van der Waals surface area contributed by atoms with Crippen molar-refractivity contribution < 1.29 is 22.4 Å².